The Morgan fingerprint density at radius 3 is 2.55 bits per heavy atom. The Bertz CT molecular complexity index is 783. The maximum Gasteiger partial charge on any atom is 0.337 e. The van der Waals surface area contributed by atoms with Crippen molar-refractivity contribution < 1.29 is 14.5 Å². The molecule has 0 aliphatic heterocycles. The van der Waals surface area contributed by atoms with E-state index in [-0.39, 0.29) is 17.3 Å². The lowest BCUT2D eigenvalue weighted by Gasteiger charge is -2.07. The van der Waals surface area contributed by atoms with Crippen LogP contribution in [-0.4, -0.2) is 22.6 Å². The van der Waals surface area contributed by atoms with Crippen LogP contribution >= 0.6 is 11.6 Å². The van der Waals surface area contributed by atoms with E-state index >= 15 is 0 Å². The van der Waals surface area contributed by atoms with Crippen molar-refractivity contribution in [1.29, 1.82) is 0 Å². The molecule has 0 aliphatic carbocycles. The van der Waals surface area contributed by atoms with Crippen molar-refractivity contribution in [3.63, 3.8) is 0 Å². The van der Waals surface area contributed by atoms with Gasteiger partial charge >= 0.3 is 5.97 Å². The molecular weight excluding hydrogens is 312 g/mol. The topological polar surface area (TPSA) is 91.4 Å². The summed E-state index contributed by atoms with van der Waals surface area (Å²) in [6.07, 6.45) is 1.13. The zero-order valence-corrected chi connectivity index (χ0v) is 12.2. The molecule has 1 heterocycles. The minimum absolute atomic E-state index is 0.0989. The van der Waals surface area contributed by atoms with E-state index in [2.05, 4.69) is 4.74 Å². The first-order chi connectivity index (χ1) is 10.4. The Morgan fingerprint density at radius 2 is 2.00 bits per heavy atom. The molecule has 0 saturated heterocycles. The molecule has 1 aromatic carbocycles. The van der Waals surface area contributed by atoms with Crippen LogP contribution in [0.4, 0.5) is 5.69 Å². The van der Waals surface area contributed by atoms with Gasteiger partial charge in [0.15, 0.2) is 0 Å². The van der Waals surface area contributed by atoms with Gasteiger partial charge in [0.25, 0.3) is 11.2 Å². The number of carbonyl (C=O) groups is 1. The first kappa shape index (κ1) is 15.7. The number of hydrogen-bond donors (Lipinski definition) is 0. The number of esters is 1. The summed E-state index contributed by atoms with van der Waals surface area (Å²) in [5.41, 5.74) is 0.266. The van der Waals surface area contributed by atoms with Gasteiger partial charge in [0.1, 0.15) is 5.02 Å². The average Bonchev–Trinajstić information content (AvgIpc) is 2.51. The third-order valence-electron chi connectivity index (χ3n) is 2.97. The van der Waals surface area contributed by atoms with Crippen LogP contribution in [0.5, 0.6) is 0 Å². The van der Waals surface area contributed by atoms with Gasteiger partial charge in [-0.25, -0.2) is 4.79 Å². The van der Waals surface area contributed by atoms with E-state index in [9.17, 15) is 19.7 Å². The normalized spacial score (nSPS) is 10.3. The number of hydrogen-bond acceptors (Lipinski definition) is 5. The molecule has 2 rings (SSSR count). The molecule has 0 amide bonds. The molecule has 0 radical (unpaired) electrons. The van der Waals surface area contributed by atoms with Crippen LogP contribution in [0.3, 0.4) is 0 Å². The third kappa shape index (κ3) is 3.32. The van der Waals surface area contributed by atoms with Gasteiger partial charge in [-0.1, -0.05) is 23.7 Å². The number of carbonyl (C=O) groups excluding carboxylic acids is 1. The van der Waals surface area contributed by atoms with Crippen LogP contribution in [0.25, 0.3) is 0 Å². The maximum atomic E-state index is 11.9. The number of nitrogens with zero attached hydrogens (tertiary/aromatic N) is 2. The summed E-state index contributed by atoms with van der Waals surface area (Å²) < 4.78 is 5.73. The second kappa shape index (κ2) is 6.40. The van der Waals surface area contributed by atoms with Gasteiger partial charge in [-0.3, -0.25) is 14.9 Å². The fourth-order valence-corrected chi connectivity index (χ4v) is 2.08. The van der Waals surface area contributed by atoms with E-state index in [0.29, 0.717) is 11.1 Å². The first-order valence-electron chi connectivity index (χ1n) is 6.14. The first-order valence-corrected chi connectivity index (χ1v) is 6.52. The molecule has 22 heavy (non-hydrogen) atoms. The van der Waals surface area contributed by atoms with Crippen molar-refractivity contribution >= 4 is 23.3 Å². The predicted molar refractivity (Wildman–Crippen MR) is 79.2 cm³/mol. The van der Waals surface area contributed by atoms with Crippen molar-refractivity contribution in [2.24, 2.45) is 0 Å². The third-order valence-corrected chi connectivity index (χ3v) is 3.24. The number of ether oxygens (including phenoxy) is 1. The summed E-state index contributed by atoms with van der Waals surface area (Å²) in [6, 6.07) is 7.37. The van der Waals surface area contributed by atoms with Crippen LogP contribution in [-0.2, 0) is 11.3 Å². The highest BCUT2D eigenvalue weighted by molar-refractivity contribution is 6.30. The minimum atomic E-state index is -0.623. The number of nitro groups is 1. The van der Waals surface area contributed by atoms with E-state index < -0.39 is 16.5 Å². The average molecular weight is 323 g/mol. The molecule has 0 aliphatic rings. The molecule has 7 nitrogen and oxygen atoms in total. The maximum absolute atomic E-state index is 11.9. The molecule has 1 aromatic heterocycles. The highest BCUT2D eigenvalue weighted by atomic mass is 35.5. The highest BCUT2D eigenvalue weighted by Crippen LogP contribution is 2.15. The SMILES string of the molecule is COC(=O)c1ccc(Cn2cc([N+](=O)[O-])cc(Cl)c2=O)cc1. The fraction of sp³-hybridized carbons (Fsp3) is 0.143. The van der Waals surface area contributed by atoms with E-state index in [4.69, 9.17) is 11.6 Å². The highest BCUT2D eigenvalue weighted by Gasteiger charge is 2.13. The number of halogens is 1. The number of benzene rings is 1. The molecule has 0 fully saturated rings. The Labute approximate surface area is 129 Å². The van der Waals surface area contributed by atoms with Gasteiger partial charge in [0, 0.05) is 6.07 Å². The molecular formula is C14H11ClN2O5. The molecule has 0 N–H and O–H groups in total. The predicted octanol–water partition coefficient (Wildman–Crippen LogP) is 2.24. The van der Waals surface area contributed by atoms with Crippen LogP contribution in [0.2, 0.25) is 5.02 Å². The summed E-state index contributed by atoms with van der Waals surface area (Å²) in [5, 5.41) is 10.6. The van der Waals surface area contributed by atoms with Gasteiger partial charge in [0.05, 0.1) is 30.3 Å². The van der Waals surface area contributed by atoms with E-state index in [1.807, 2.05) is 0 Å². The Morgan fingerprint density at radius 1 is 1.36 bits per heavy atom. The summed E-state index contributed by atoms with van der Waals surface area (Å²) in [6.45, 7) is 0.0989. The second-order valence-electron chi connectivity index (χ2n) is 4.42. The van der Waals surface area contributed by atoms with Crippen molar-refractivity contribution in [2.45, 2.75) is 6.54 Å². The number of aromatic nitrogens is 1. The lowest BCUT2D eigenvalue weighted by atomic mass is 10.1. The molecule has 0 spiro atoms. The van der Waals surface area contributed by atoms with Gasteiger partial charge in [-0.05, 0) is 17.7 Å². The van der Waals surface area contributed by atoms with Crippen LogP contribution in [0, 0.1) is 10.1 Å². The Hall–Kier alpha value is -2.67. The lowest BCUT2D eigenvalue weighted by Crippen LogP contribution is -2.21. The second-order valence-corrected chi connectivity index (χ2v) is 4.83. The summed E-state index contributed by atoms with van der Waals surface area (Å²) in [7, 11) is 1.28. The van der Waals surface area contributed by atoms with E-state index in [1.165, 1.54) is 7.11 Å². The summed E-state index contributed by atoms with van der Waals surface area (Å²) >= 11 is 5.72. The van der Waals surface area contributed by atoms with E-state index in [1.54, 1.807) is 24.3 Å². The number of methoxy groups -OCH3 is 1. The molecule has 0 unspecified atom stereocenters. The largest absolute Gasteiger partial charge is 0.465 e. The van der Waals surface area contributed by atoms with Crippen molar-refractivity contribution in [1.82, 2.24) is 4.57 Å². The Balaban J connectivity index is 2.32. The van der Waals surface area contributed by atoms with Crippen LogP contribution in [0.15, 0.2) is 41.3 Å². The monoisotopic (exact) mass is 322 g/mol. The quantitative estimate of drug-likeness (QED) is 0.489. The van der Waals surface area contributed by atoms with Crippen molar-refractivity contribution in [3.8, 4) is 0 Å². The van der Waals surface area contributed by atoms with Crippen molar-refractivity contribution in [3.05, 3.63) is 73.1 Å². The summed E-state index contributed by atoms with van der Waals surface area (Å²) in [4.78, 5) is 33.4. The fourth-order valence-electron chi connectivity index (χ4n) is 1.86. The van der Waals surface area contributed by atoms with Gasteiger partial charge in [-0.2, -0.15) is 0 Å². The smallest absolute Gasteiger partial charge is 0.337 e. The molecule has 0 saturated carbocycles. The van der Waals surface area contributed by atoms with Crippen molar-refractivity contribution in [2.75, 3.05) is 7.11 Å². The van der Waals surface area contributed by atoms with Crippen LogP contribution < -0.4 is 5.56 Å². The number of rotatable bonds is 4. The zero-order chi connectivity index (χ0) is 16.3. The molecule has 114 valence electrons. The lowest BCUT2D eigenvalue weighted by molar-refractivity contribution is -0.385. The Kier molecular flexibility index (Phi) is 4.57. The molecule has 0 atom stereocenters. The molecule has 0 bridgehead atoms. The number of pyridine rings is 1. The van der Waals surface area contributed by atoms with E-state index in [0.717, 1.165) is 16.8 Å². The minimum Gasteiger partial charge on any atom is -0.465 e. The van der Waals surface area contributed by atoms with Crippen LogP contribution in [0.1, 0.15) is 15.9 Å². The zero-order valence-electron chi connectivity index (χ0n) is 11.5. The summed E-state index contributed by atoms with van der Waals surface area (Å²) in [5.74, 6) is -0.470. The van der Waals surface area contributed by atoms with Gasteiger partial charge in [0.2, 0.25) is 0 Å². The van der Waals surface area contributed by atoms with Gasteiger partial charge < -0.3 is 9.30 Å². The standard InChI is InChI=1S/C14H11ClN2O5/c1-22-14(19)10-4-2-9(3-5-10)7-16-8-11(17(20)21)6-12(15)13(16)18/h2-6,8H,7H2,1H3. The molecule has 8 heteroatoms. The molecule has 2 aromatic rings. The van der Waals surface area contributed by atoms with Gasteiger partial charge in [-0.15, -0.1) is 0 Å².